The van der Waals surface area contributed by atoms with E-state index >= 15 is 0 Å². The van der Waals surface area contributed by atoms with Crippen LogP contribution in [0.25, 0.3) is 11.5 Å². The Balaban J connectivity index is 1.68. The lowest BCUT2D eigenvalue weighted by atomic mass is 10.0. The van der Waals surface area contributed by atoms with Crippen molar-refractivity contribution >= 4 is 5.91 Å². The van der Waals surface area contributed by atoms with E-state index in [0.717, 1.165) is 0 Å². The fourth-order valence-electron chi connectivity index (χ4n) is 2.79. The van der Waals surface area contributed by atoms with Crippen molar-refractivity contribution in [1.29, 1.82) is 0 Å². The highest BCUT2D eigenvalue weighted by Gasteiger charge is 2.33. The van der Waals surface area contributed by atoms with Crippen molar-refractivity contribution in [3.63, 3.8) is 0 Å². The molecule has 2 heterocycles. The zero-order valence-corrected chi connectivity index (χ0v) is 13.9. The van der Waals surface area contributed by atoms with Gasteiger partial charge in [0.2, 0.25) is 12.1 Å². The Bertz CT molecular complexity index is 1000. The van der Waals surface area contributed by atoms with Gasteiger partial charge in [0.05, 0.1) is 5.56 Å². The maximum absolute atomic E-state index is 13.1. The minimum Gasteiger partial charge on any atom is -0.465 e. The molecule has 0 saturated heterocycles. The molecule has 4 rings (SSSR count). The molecule has 0 bridgehead atoms. The predicted molar refractivity (Wildman–Crippen MR) is 86.6 cm³/mol. The van der Waals surface area contributed by atoms with Crippen molar-refractivity contribution in [2.45, 2.75) is 12.7 Å². The van der Waals surface area contributed by atoms with E-state index in [9.17, 15) is 18.0 Å². The summed E-state index contributed by atoms with van der Waals surface area (Å²) in [6.07, 6.45) is -3.60. The van der Waals surface area contributed by atoms with Gasteiger partial charge in [-0.25, -0.2) is 4.39 Å². The van der Waals surface area contributed by atoms with E-state index in [1.807, 2.05) is 0 Å². The van der Waals surface area contributed by atoms with E-state index in [2.05, 4.69) is 10.2 Å². The lowest BCUT2D eigenvalue weighted by Gasteiger charge is -2.34. The smallest absolute Gasteiger partial charge is 0.314 e. The number of benzene rings is 2. The molecular formula is C18H12F3N3O3. The van der Waals surface area contributed by atoms with Crippen LogP contribution >= 0.6 is 0 Å². The predicted octanol–water partition coefficient (Wildman–Crippen LogP) is 3.98. The molecule has 9 heteroatoms. The van der Waals surface area contributed by atoms with Crippen LogP contribution in [0.2, 0.25) is 0 Å². The summed E-state index contributed by atoms with van der Waals surface area (Å²) in [5.41, 5.74) is 1.16. The zero-order valence-electron chi connectivity index (χ0n) is 13.9. The summed E-state index contributed by atoms with van der Waals surface area (Å²) in [5, 5.41) is 6.85. The fraction of sp³-hybridized carbons (Fsp3) is 0.167. The highest BCUT2D eigenvalue weighted by molar-refractivity contribution is 5.99. The van der Waals surface area contributed by atoms with Gasteiger partial charge in [-0.05, 0) is 30.3 Å². The van der Waals surface area contributed by atoms with Gasteiger partial charge in [0, 0.05) is 18.2 Å². The number of rotatable bonds is 3. The second kappa shape index (κ2) is 6.42. The van der Waals surface area contributed by atoms with Gasteiger partial charge >= 0.3 is 6.43 Å². The number of hydrogen-bond donors (Lipinski definition) is 0. The molecule has 1 unspecified atom stereocenters. The van der Waals surface area contributed by atoms with Gasteiger partial charge < -0.3 is 14.1 Å². The summed E-state index contributed by atoms with van der Waals surface area (Å²) >= 11 is 0. The first-order valence-corrected chi connectivity index (χ1v) is 7.89. The largest absolute Gasteiger partial charge is 0.465 e. The van der Waals surface area contributed by atoms with E-state index in [-0.39, 0.29) is 17.4 Å². The molecule has 138 valence electrons. The van der Waals surface area contributed by atoms with E-state index < -0.39 is 24.4 Å². The third-order valence-electron chi connectivity index (χ3n) is 4.15. The molecule has 1 aliphatic rings. The molecule has 0 N–H and O–H groups in total. The van der Waals surface area contributed by atoms with E-state index in [0.29, 0.717) is 16.9 Å². The van der Waals surface area contributed by atoms with Crippen LogP contribution in [0.15, 0.2) is 46.9 Å². The second-order valence-corrected chi connectivity index (χ2v) is 5.89. The van der Waals surface area contributed by atoms with Gasteiger partial charge in [0.15, 0.2) is 0 Å². The Morgan fingerprint density at radius 1 is 1.11 bits per heavy atom. The van der Waals surface area contributed by atoms with Crippen LogP contribution in [-0.4, -0.2) is 28.1 Å². The van der Waals surface area contributed by atoms with Crippen molar-refractivity contribution in [2.75, 3.05) is 7.05 Å². The zero-order chi connectivity index (χ0) is 19.1. The number of carbonyl (C=O) groups excluding carboxylic acids is 1. The molecule has 0 spiro atoms. The van der Waals surface area contributed by atoms with Crippen molar-refractivity contribution in [3.8, 4) is 17.2 Å². The number of ether oxygens (including phenoxy) is 1. The number of carbonyl (C=O) groups is 1. The van der Waals surface area contributed by atoms with E-state index in [1.165, 1.54) is 47.4 Å². The Morgan fingerprint density at radius 2 is 1.85 bits per heavy atom. The van der Waals surface area contributed by atoms with Crippen molar-refractivity contribution in [2.24, 2.45) is 0 Å². The highest BCUT2D eigenvalue weighted by Crippen LogP contribution is 2.36. The van der Waals surface area contributed by atoms with Crippen LogP contribution in [0.1, 0.15) is 34.5 Å². The van der Waals surface area contributed by atoms with Gasteiger partial charge in [0.1, 0.15) is 11.6 Å². The Kier molecular flexibility index (Phi) is 4.06. The molecule has 0 fully saturated rings. The quantitative estimate of drug-likeness (QED) is 0.693. The SMILES string of the molecule is CN1C(=O)c2cc(-c3nnc(C(F)F)o3)ccc2OC1c1ccc(F)cc1. The van der Waals surface area contributed by atoms with Gasteiger partial charge in [-0.1, -0.05) is 12.1 Å². The number of alkyl halides is 2. The average Bonchev–Trinajstić information content (AvgIpc) is 3.16. The number of halogens is 3. The average molecular weight is 375 g/mol. The summed E-state index contributed by atoms with van der Waals surface area (Å²) in [4.78, 5) is 14.1. The molecule has 0 aliphatic carbocycles. The number of nitrogens with zero attached hydrogens (tertiary/aromatic N) is 3. The third-order valence-corrected chi connectivity index (χ3v) is 4.15. The first-order valence-electron chi connectivity index (χ1n) is 7.89. The van der Waals surface area contributed by atoms with Crippen LogP contribution < -0.4 is 4.74 Å². The maximum atomic E-state index is 13.1. The fourth-order valence-corrected chi connectivity index (χ4v) is 2.79. The first kappa shape index (κ1) is 17.1. The molecule has 6 nitrogen and oxygen atoms in total. The highest BCUT2D eigenvalue weighted by atomic mass is 19.3. The second-order valence-electron chi connectivity index (χ2n) is 5.89. The maximum Gasteiger partial charge on any atom is 0.314 e. The van der Waals surface area contributed by atoms with Crippen LogP contribution in [0.3, 0.4) is 0 Å². The summed E-state index contributed by atoms with van der Waals surface area (Å²) in [6, 6.07) is 10.1. The van der Waals surface area contributed by atoms with E-state index in [4.69, 9.17) is 9.15 Å². The van der Waals surface area contributed by atoms with Crippen LogP contribution in [-0.2, 0) is 0 Å². The van der Waals surface area contributed by atoms with Crippen LogP contribution in [0, 0.1) is 5.82 Å². The topological polar surface area (TPSA) is 68.5 Å². The van der Waals surface area contributed by atoms with Crippen molar-refractivity contribution in [3.05, 3.63) is 65.3 Å². The molecule has 0 radical (unpaired) electrons. The molecule has 0 saturated carbocycles. The standard InChI is InChI=1S/C18H12F3N3O3/c1-24-17(25)12-8-10(15-22-23-16(27-15)14(20)21)4-7-13(12)26-18(24)9-2-5-11(19)6-3-9/h2-8,14,18H,1H3. The van der Waals surface area contributed by atoms with E-state index in [1.54, 1.807) is 7.05 Å². The molecule has 1 atom stereocenters. The minimum absolute atomic E-state index is 0.121. The lowest BCUT2D eigenvalue weighted by Crippen LogP contribution is -2.38. The lowest BCUT2D eigenvalue weighted by molar-refractivity contribution is 0.0204. The molecule has 1 aliphatic heterocycles. The molecule has 1 amide bonds. The third kappa shape index (κ3) is 3.01. The normalized spacial score (nSPS) is 16.4. The van der Waals surface area contributed by atoms with Gasteiger partial charge in [-0.2, -0.15) is 8.78 Å². The Morgan fingerprint density at radius 3 is 2.52 bits per heavy atom. The van der Waals surface area contributed by atoms with Crippen LogP contribution in [0.5, 0.6) is 5.75 Å². The first-order chi connectivity index (χ1) is 12.9. The molecule has 1 aromatic heterocycles. The molecular weight excluding hydrogens is 363 g/mol. The van der Waals surface area contributed by atoms with Crippen molar-refractivity contribution < 1.29 is 27.1 Å². The van der Waals surface area contributed by atoms with Gasteiger partial charge in [-0.3, -0.25) is 4.79 Å². The number of aromatic nitrogens is 2. The Labute approximate surface area is 151 Å². The summed E-state index contributed by atoms with van der Waals surface area (Å²) in [5.74, 6) is -1.34. The van der Waals surface area contributed by atoms with Gasteiger partial charge in [-0.15, -0.1) is 10.2 Å². The van der Waals surface area contributed by atoms with Crippen molar-refractivity contribution in [1.82, 2.24) is 15.1 Å². The molecule has 2 aromatic carbocycles. The number of amides is 1. The summed E-state index contributed by atoms with van der Waals surface area (Å²) in [7, 11) is 1.55. The van der Waals surface area contributed by atoms with Gasteiger partial charge in [0.25, 0.3) is 11.8 Å². The number of hydrogen-bond acceptors (Lipinski definition) is 5. The minimum atomic E-state index is -2.88. The Hall–Kier alpha value is -3.36. The number of fused-ring (bicyclic) bond motifs is 1. The molecule has 3 aromatic rings. The molecule has 27 heavy (non-hydrogen) atoms. The van der Waals surface area contributed by atoms with Crippen LogP contribution in [0.4, 0.5) is 13.2 Å². The monoisotopic (exact) mass is 375 g/mol. The summed E-state index contributed by atoms with van der Waals surface area (Å²) < 4.78 is 49.1. The summed E-state index contributed by atoms with van der Waals surface area (Å²) in [6.45, 7) is 0.